The number of benzene rings is 2. The molecule has 2 aliphatic rings. The Morgan fingerprint density at radius 3 is 2.60 bits per heavy atom. The number of ether oxygens (including phenoxy) is 2. The minimum atomic E-state index is -4.40. The molecule has 0 amide bonds. The van der Waals surface area contributed by atoms with Crippen molar-refractivity contribution in [1.82, 2.24) is 19.4 Å². The normalized spacial score (nSPS) is 18.0. The van der Waals surface area contributed by atoms with Crippen molar-refractivity contribution in [2.45, 2.75) is 57.2 Å². The molecule has 1 N–H and O–H groups in total. The molecule has 1 unspecified atom stereocenters. The van der Waals surface area contributed by atoms with E-state index >= 15 is 0 Å². The van der Waals surface area contributed by atoms with Gasteiger partial charge in [0.25, 0.3) is 0 Å². The number of piperidine rings is 1. The first-order chi connectivity index (χ1) is 21.7. The van der Waals surface area contributed by atoms with Crippen molar-refractivity contribution in [2.75, 3.05) is 19.7 Å². The minimum Gasteiger partial charge on any atom is -0.478 e. The summed E-state index contributed by atoms with van der Waals surface area (Å²) in [5.41, 5.74) is 2.85. The van der Waals surface area contributed by atoms with Crippen molar-refractivity contribution >= 4 is 38.4 Å². The molecule has 45 heavy (non-hydrogen) atoms. The van der Waals surface area contributed by atoms with Gasteiger partial charge in [-0.25, -0.2) is 14.8 Å². The van der Waals surface area contributed by atoms with Gasteiger partial charge < -0.3 is 19.1 Å². The average molecular weight is 637 g/mol. The topological polar surface area (TPSA) is 89.7 Å². The van der Waals surface area contributed by atoms with Gasteiger partial charge in [0.05, 0.1) is 41.4 Å². The molecule has 2 aliphatic heterocycles. The quantitative estimate of drug-likeness (QED) is 0.184. The van der Waals surface area contributed by atoms with Gasteiger partial charge in [0.2, 0.25) is 5.88 Å². The molecule has 0 radical (unpaired) electrons. The van der Waals surface area contributed by atoms with Gasteiger partial charge in [-0.15, -0.1) is 11.3 Å². The van der Waals surface area contributed by atoms with E-state index in [2.05, 4.69) is 9.47 Å². The molecule has 2 aromatic carbocycles. The second kappa shape index (κ2) is 12.1. The summed E-state index contributed by atoms with van der Waals surface area (Å²) in [6.45, 7) is 3.88. The van der Waals surface area contributed by atoms with E-state index in [0.717, 1.165) is 78.9 Å². The van der Waals surface area contributed by atoms with Crippen LogP contribution in [-0.2, 0) is 30.6 Å². The van der Waals surface area contributed by atoms with Gasteiger partial charge >= 0.3 is 12.1 Å². The van der Waals surface area contributed by atoms with Crippen molar-refractivity contribution in [1.29, 1.82) is 0 Å². The summed E-state index contributed by atoms with van der Waals surface area (Å²) in [4.78, 5) is 23.6. The second-order valence-corrected chi connectivity index (χ2v) is 12.5. The molecule has 2 saturated heterocycles. The molecule has 5 heterocycles. The predicted molar refractivity (Wildman–Crippen MR) is 164 cm³/mol. The fourth-order valence-electron chi connectivity index (χ4n) is 6.18. The number of nitrogens with zero attached hydrogens (tertiary/aromatic N) is 4. The van der Waals surface area contributed by atoms with Crippen LogP contribution in [0.2, 0.25) is 0 Å². The predicted octanol–water partition coefficient (Wildman–Crippen LogP) is 7.11. The zero-order chi connectivity index (χ0) is 31.1. The van der Waals surface area contributed by atoms with Crippen LogP contribution < -0.4 is 4.74 Å². The molecule has 0 aliphatic carbocycles. The number of pyridine rings is 1. The fraction of sp³-hybridized carbons (Fsp3) is 0.364. The average Bonchev–Trinajstić information content (AvgIpc) is 3.58. The Balaban J connectivity index is 1.00. The van der Waals surface area contributed by atoms with E-state index in [1.54, 1.807) is 35.7 Å². The molecule has 5 aromatic rings. The van der Waals surface area contributed by atoms with Gasteiger partial charge in [-0.05, 0) is 73.5 Å². The molecule has 0 bridgehead atoms. The molecule has 8 nitrogen and oxygen atoms in total. The van der Waals surface area contributed by atoms with E-state index in [-0.39, 0.29) is 28.9 Å². The number of alkyl halides is 3. The zero-order valence-corrected chi connectivity index (χ0v) is 25.1. The van der Waals surface area contributed by atoms with Gasteiger partial charge in [-0.1, -0.05) is 18.2 Å². The third kappa shape index (κ3) is 6.14. The van der Waals surface area contributed by atoms with Gasteiger partial charge in [0.1, 0.15) is 12.4 Å². The van der Waals surface area contributed by atoms with Gasteiger partial charge in [0, 0.05) is 34.5 Å². The largest absolute Gasteiger partial charge is 0.478 e. The smallest absolute Gasteiger partial charge is 0.417 e. The number of carbonyl (C=O) groups is 1. The number of hydrogen-bond donors (Lipinski definition) is 1. The molecule has 0 saturated carbocycles. The van der Waals surface area contributed by atoms with E-state index in [9.17, 15) is 23.1 Å². The maximum Gasteiger partial charge on any atom is 0.417 e. The van der Waals surface area contributed by atoms with E-state index in [1.165, 1.54) is 6.07 Å². The summed E-state index contributed by atoms with van der Waals surface area (Å²) in [5.74, 6) is 0.643. The summed E-state index contributed by atoms with van der Waals surface area (Å²) >= 11 is 1.08. The molecule has 0 spiro atoms. The Bertz CT molecular complexity index is 1860. The lowest BCUT2D eigenvalue weighted by atomic mass is 9.93. The monoisotopic (exact) mass is 636 g/mol. The Labute approximate surface area is 261 Å². The SMILES string of the molecule is O=C(O)c1ccc2nc(CN3CCC(c4cccc(OCc5csc6c(C(F)(F)F)cccc56)n4)CC3)n(CC3CCO3)c2c1. The molecule has 234 valence electrons. The fourth-order valence-corrected chi connectivity index (χ4v) is 7.28. The summed E-state index contributed by atoms with van der Waals surface area (Å²) in [6, 6.07) is 15.0. The van der Waals surface area contributed by atoms with Crippen molar-refractivity contribution in [3.8, 4) is 5.88 Å². The van der Waals surface area contributed by atoms with Crippen LogP contribution >= 0.6 is 11.3 Å². The molecule has 7 rings (SSSR count). The van der Waals surface area contributed by atoms with Crippen LogP contribution in [-0.4, -0.2) is 56.3 Å². The van der Waals surface area contributed by atoms with Crippen LogP contribution in [0.15, 0.2) is 60.0 Å². The molecular formula is C33H31F3N4O4S. The number of imidazole rings is 1. The first kappa shape index (κ1) is 29.7. The molecule has 1 atom stereocenters. The van der Waals surface area contributed by atoms with Crippen LogP contribution in [0.4, 0.5) is 13.2 Å². The summed E-state index contributed by atoms with van der Waals surface area (Å²) in [6.07, 6.45) is -1.51. The highest BCUT2D eigenvalue weighted by Gasteiger charge is 2.33. The third-order valence-corrected chi connectivity index (χ3v) is 9.81. The standard InChI is InChI=1S/C33H31F3N4O4S/c34-33(35,36)25-4-1-3-24-22(19-45-31(24)25)18-44-30-6-2-5-26(38-30)20-9-12-39(13-10-20)17-29-37-27-8-7-21(32(41)42)15-28(27)40(29)16-23-11-14-43-23/h1-8,15,19-20,23H,9-14,16-18H2,(H,41,42). The first-order valence-corrected chi connectivity index (χ1v) is 15.8. The Morgan fingerprint density at radius 1 is 1.07 bits per heavy atom. The number of aromatic nitrogens is 3. The number of likely N-dealkylation sites (tertiary alicyclic amines) is 1. The van der Waals surface area contributed by atoms with Gasteiger partial charge in [0.15, 0.2) is 0 Å². The zero-order valence-electron chi connectivity index (χ0n) is 24.3. The molecule has 3 aromatic heterocycles. The van der Waals surface area contributed by atoms with E-state index in [1.807, 2.05) is 12.1 Å². The van der Waals surface area contributed by atoms with Crippen molar-refractivity contribution in [3.05, 3.63) is 88.2 Å². The number of fused-ring (bicyclic) bond motifs is 2. The third-order valence-electron chi connectivity index (χ3n) is 8.73. The van der Waals surface area contributed by atoms with E-state index < -0.39 is 17.7 Å². The lowest BCUT2D eigenvalue weighted by molar-refractivity contribution is -0.136. The number of carboxylic acid groups (broad SMARTS) is 1. The lowest BCUT2D eigenvalue weighted by Crippen LogP contribution is -2.35. The summed E-state index contributed by atoms with van der Waals surface area (Å²) < 4.78 is 54.3. The van der Waals surface area contributed by atoms with E-state index in [0.29, 0.717) is 29.9 Å². The van der Waals surface area contributed by atoms with Crippen LogP contribution in [0.5, 0.6) is 5.88 Å². The highest BCUT2D eigenvalue weighted by atomic mass is 32.1. The molecule has 2 fully saturated rings. The van der Waals surface area contributed by atoms with Crippen LogP contribution in [0.1, 0.15) is 58.2 Å². The Morgan fingerprint density at radius 2 is 1.87 bits per heavy atom. The van der Waals surface area contributed by atoms with Gasteiger partial charge in [-0.2, -0.15) is 13.2 Å². The van der Waals surface area contributed by atoms with Crippen LogP contribution in [0.3, 0.4) is 0 Å². The van der Waals surface area contributed by atoms with Crippen molar-refractivity contribution in [2.24, 2.45) is 0 Å². The van der Waals surface area contributed by atoms with E-state index in [4.69, 9.17) is 19.4 Å². The lowest BCUT2D eigenvalue weighted by Gasteiger charge is -2.32. The number of carboxylic acids is 1. The molecule has 12 heteroatoms. The highest BCUT2D eigenvalue weighted by Crippen LogP contribution is 2.39. The first-order valence-electron chi connectivity index (χ1n) is 15.0. The maximum atomic E-state index is 13.4. The maximum absolute atomic E-state index is 13.4. The number of halogens is 3. The number of hydrogen-bond acceptors (Lipinski definition) is 7. The van der Waals surface area contributed by atoms with Crippen molar-refractivity contribution in [3.63, 3.8) is 0 Å². The Kier molecular flexibility index (Phi) is 7.96. The van der Waals surface area contributed by atoms with Gasteiger partial charge in [-0.3, -0.25) is 4.90 Å². The van der Waals surface area contributed by atoms with Crippen molar-refractivity contribution < 1.29 is 32.5 Å². The second-order valence-electron chi connectivity index (χ2n) is 11.6. The Hall–Kier alpha value is -4.00. The minimum absolute atomic E-state index is 0.108. The van der Waals surface area contributed by atoms with Crippen LogP contribution in [0.25, 0.3) is 21.1 Å². The summed E-state index contributed by atoms with van der Waals surface area (Å²) in [5, 5.41) is 11.8. The van der Waals surface area contributed by atoms with Crippen LogP contribution in [0, 0.1) is 0 Å². The molecular weight excluding hydrogens is 605 g/mol. The highest BCUT2D eigenvalue weighted by molar-refractivity contribution is 7.17. The number of aromatic carboxylic acids is 1. The summed E-state index contributed by atoms with van der Waals surface area (Å²) in [7, 11) is 0. The number of thiophene rings is 1. The number of rotatable bonds is 9.